The van der Waals surface area contributed by atoms with Gasteiger partial charge in [0.15, 0.2) is 0 Å². The van der Waals surface area contributed by atoms with Gasteiger partial charge in [0.2, 0.25) is 5.96 Å². The highest BCUT2D eigenvalue weighted by Gasteiger charge is 2.00. The molecule has 1 aromatic rings. The van der Waals surface area contributed by atoms with Crippen LogP contribution in [0.25, 0.3) is 0 Å². The van der Waals surface area contributed by atoms with E-state index in [1.54, 1.807) is 6.20 Å². The zero-order valence-corrected chi connectivity index (χ0v) is 9.83. The normalized spacial score (nSPS) is 11.3. The molecule has 5 heteroatoms. The highest BCUT2D eigenvalue weighted by molar-refractivity contribution is 5.93. The highest BCUT2D eigenvalue weighted by atomic mass is 15.3. The van der Waals surface area contributed by atoms with Crippen molar-refractivity contribution in [2.45, 2.75) is 26.7 Å². The van der Waals surface area contributed by atoms with Gasteiger partial charge in [0.25, 0.3) is 0 Å². The Morgan fingerprint density at radius 1 is 1.56 bits per heavy atom. The fourth-order valence-electron chi connectivity index (χ4n) is 1.21. The van der Waals surface area contributed by atoms with Gasteiger partial charge in [-0.25, -0.2) is 5.84 Å². The first kappa shape index (κ1) is 12.4. The molecule has 0 saturated carbocycles. The van der Waals surface area contributed by atoms with E-state index in [1.807, 2.05) is 19.1 Å². The molecule has 1 aromatic heterocycles. The summed E-state index contributed by atoms with van der Waals surface area (Å²) in [6, 6.07) is 3.81. The number of rotatable bonds is 4. The van der Waals surface area contributed by atoms with Gasteiger partial charge >= 0.3 is 0 Å². The number of nitrogens with one attached hydrogen (secondary N) is 2. The third kappa shape index (κ3) is 3.86. The zero-order chi connectivity index (χ0) is 11.8. The maximum Gasteiger partial charge on any atom is 0.210 e. The van der Waals surface area contributed by atoms with Crippen molar-refractivity contribution in [2.75, 3.05) is 11.9 Å². The fraction of sp³-hybridized carbons (Fsp3) is 0.455. The average molecular weight is 221 g/mol. The predicted octanol–water partition coefficient (Wildman–Crippen LogP) is 1.42. The van der Waals surface area contributed by atoms with E-state index in [0.29, 0.717) is 5.96 Å². The molecule has 0 aliphatic carbocycles. The number of nitrogens with zero attached hydrogens (tertiary/aromatic N) is 2. The Morgan fingerprint density at radius 2 is 2.38 bits per heavy atom. The molecule has 88 valence electrons. The molecule has 0 saturated heterocycles. The monoisotopic (exact) mass is 221 g/mol. The highest BCUT2D eigenvalue weighted by Crippen LogP contribution is 2.09. The minimum atomic E-state index is 0.574. The summed E-state index contributed by atoms with van der Waals surface area (Å²) in [7, 11) is 0. The average Bonchev–Trinajstić information content (AvgIpc) is 2.30. The summed E-state index contributed by atoms with van der Waals surface area (Å²) in [5.74, 6) is 5.96. The molecule has 4 N–H and O–H groups in total. The van der Waals surface area contributed by atoms with Crippen LogP contribution in [0.3, 0.4) is 0 Å². The van der Waals surface area contributed by atoms with E-state index in [2.05, 4.69) is 27.6 Å². The van der Waals surface area contributed by atoms with E-state index in [9.17, 15) is 0 Å². The van der Waals surface area contributed by atoms with Crippen molar-refractivity contribution in [3.05, 3.63) is 24.0 Å². The molecule has 0 aliphatic rings. The van der Waals surface area contributed by atoms with Gasteiger partial charge in [-0.1, -0.05) is 13.3 Å². The largest absolute Gasteiger partial charge is 0.324 e. The SMILES string of the molecule is CCCCN=C(NN)Nc1cccnc1C. The molecule has 0 atom stereocenters. The van der Waals surface area contributed by atoms with E-state index in [4.69, 9.17) is 5.84 Å². The molecular weight excluding hydrogens is 202 g/mol. The van der Waals surface area contributed by atoms with Crippen molar-refractivity contribution in [3.8, 4) is 0 Å². The second kappa shape index (κ2) is 6.79. The maximum absolute atomic E-state index is 5.39. The number of aromatic nitrogens is 1. The molecule has 0 spiro atoms. The van der Waals surface area contributed by atoms with Crippen LogP contribution in [0, 0.1) is 6.92 Å². The van der Waals surface area contributed by atoms with Gasteiger partial charge in [0.1, 0.15) is 0 Å². The number of hydrogen-bond acceptors (Lipinski definition) is 3. The number of aliphatic imine (C=N–C) groups is 1. The van der Waals surface area contributed by atoms with Crippen molar-refractivity contribution >= 4 is 11.6 Å². The van der Waals surface area contributed by atoms with Crippen molar-refractivity contribution < 1.29 is 0 Å². The third-order valence-electron chi connectivity index (χ3n) is 2.18. The lowest BCUT2D eigenvalue weighted by Crippen LogP contribution is -2.36. The van der Waals surface area contributed by atoms with Gasteiger partial charge in [0, 0.05) is 12.7 Å². The summed E-state index contributed by atoms with van der Waals surface area (Å²) >= 11 is 0. The number of anilines is 1. The van der Waals surface area contributed by atoms with Crippen LogP contribution >= 0.6 is 0 Å². The van der Waals surface area contributed by atoms with Crippen LogP contribution in [0.4, 0.5) is 5.69 Å². The molecule has 0 bridgehead atoms. The summed E-state index contributed by atoms with van der Waals surface area (Å²) in [6.45, 7) is 4.83. The minimum absolute atomic E-state index is 0.574. The first-order chi connectivity index (χ1) is 7.77. The van der Waals surface area contributed by atoms with Gasteiger partial charge in [-0.05, 0) is 25.5 Å². The fourth-order valence-corrected chi connectivity index (χ4v) is 1.21. The number of pyridine rings is 1. The molecule has 1 rings (SSSR count). The lowest BCUT2D eigenvalue weighted by atomic mass is 10.3. The Labute approximate surface area is 96.1 Å². The van der Waals surface area contributed by atoms with Gasteiger partial charge in [0.05, 0.1) is 11.4 Å². The second-order valence-electron chi connectivity index (χ2n) is 3.49. The number of hydrogen-bond donors (Lipinski definition) is 3. The topological polar surface area (TPSA) is 75.3 Å². The molecule has 0 unspecified atom stereocenters. The number of aryl methyl sites for hydroxylation is 1. The molecule has 16 heavy (non-hydrogen) atoms. The van der Waals surface area contributed by atoms with Crippen molar-refractivity contribution in [3.63, 3.8) is 0 Å². The number of hydrazine groups is 1. The molecule has 0 radical (unpaired) electrons. The lowest BCUT2D eigenvalue weighted by Gasteiger charge is -2.10. The van der Waals surface area contributed by atoms with E-state index < -0.39 is 0 Å². The molecule has 0 aromatic carbocycles. The van der Waals surface area contributed by atoms with Crippen molar-refractivity contribution in [1.29, 1.82) is 0 Å². The Morgan fingerprint density at radius 3 is 3.00 bits per heavy atom. The smallest absolute Gasteiger partial charge is 0.210 e. The lowest BCUT2D eigenvalue weighted by molar-refractivity contribution is 0.801. The van der Waals surface area contributed by atoms with E-state index in [-0.39, 0.29) is 0 Å². The molecule has 0 aliphatic heterocycles. The predicted molar refractivity (Wildman–Crippen MR) is 67.1 cm³/mol. The minimum Gasteiger partial charge on any atom is -0.324 e. The van der Waals surface area contributed by atoms with Crippen molar-refractivity contribution in [2.24, 2.45) is 10.8 Å². The zero-order valence-electron chi connectivity index (χ0n) is 9.83. The van der Waals surface area contributed by atoms with Gasteiger partial charge in [-0.2, -0.15) is 0 Å². The molecule has 0 amide bonds. The van der Waals surface area contributed by atoms with E-state index in [0.717, 1.165) is 30.8 Å². The number of guanidine groups is 1. The van der Waals surface area contributed by atoms with Gasteiger partial charge in [-0.15, -0.1) is 0 Å². The number of nitrogens with two attached hydrogens (primary N) is 1. The molecule has 1 heterocycles. The standard InChI is InChI=1S/C11H19N5/c1-3-4-7-14-11(16-12)15-10-6-5-8-13-9(10)2/h5-6,8H,3-4,7,12H2,1-2H3,(H2,14,15,16). The molecule has 5 nitrogen and oxygen atoms in total. The quantitative estimate of drug-likeness (QED) is 0.236. The number of unbranched alkanes of at least 4 members (excludes halogenated alkanes) is 1. The summed E-state index contributed by atoms with van der Waals surface area (Å²) in [6.07, 6.45) is 3.93. The summed E-state index contributed by atoms with van der Waals surface area (Å²) in [4.78, 5) is 8.49. The van der Waals surface area contributed by atoms with Gasteiger partial charge in [-0.3, -0.25) is 15.4 Å². The van der Waals surface area contributed by atoms with Crippen LogP contribution in [0.1, 0.15) is 25.5 Å². The van der Waals surface area contributed by atoms with Crippen molar-refractivity contribution in [1.82, 2.24) is 10.4 Å². The summed E-state index contributed by atoms with van der Waals surface area (Å²) in [5, 5.41) is 3.11. The van der Waals surface area contributed by atoms with E-state index in [1.165, 1.54) is 0 Å². The van der Waals surface area contributed by atoms with Crippen LogP contribution in [0.5, 0.6) is 0 Å². The summed E-state index contributed by atoms with van der Waals surface area (Å²) in [5.41, 5.74) is 4.38. The Kier molecular flexibility index (Phi) is 5.28. The van der Waals surface area contributed by atoms with Crippen LogP contribution < -0.4 is 16.6 Å². The first-order valence-electron chi connectivity index (χ1n) is 5.47. The van der Waals surface area contributed by atoms with E-state index >= 15 is 0 Å². The maximum atomic E-state index is 5.39. The molecule has 0 fully saturated rings. The summed E-state index contributed by atoms with van der Waals surface area (Å²) < 4.78 is 0. The second-order valence-corrected chi connectivity index (χ2v) is 3.49. The van der Waals surface area contributed by atoms with Crippen LogP contribution in [0.15, 0.2) is 23.3 Å². The third-order valence-corrected chi connectivity index (χ3v) is 2.18. The Hall–Kier alpha value is -1.62. The van der Waals surface area contributed by atoms with Gasteiger partial charge < -0.3 is 5.32 Å². The van der Waals surface area contributed by atoms with Crippen LogP contribution in [-0.2, 0) is 0 Å². The Balaban J connectivity index is 2.63. The molecular formula is C11H19N5. The Bertz CT molecular complexity index is 348. The first-order valence-corrected chi connectivity index (χ1v) is 5.47. The van der Waals surface area contributed by atoms with Crippen LogP contribution in [-0.4, -0.2) is 17.5 Å². The van der Waals surface area contributed by atoms with Crippen LogP contribution in [0.2, 0.25) is 0 Å².